The number of hydrogen-bond acceptors (Lipinski definition) is 2. The molecule has 94 valence electrons. The van der Waals surface area contributed by atoms with Crippen LogP contribution in [0, 0.1) is 17.3 Å². The topological polar surface area (TPSA) is 21.3 Å². The molecule has 2 nitrogen and oxygen atoms in total. The van der Waals surface area contributed by atoms with Gasteiger partial charge in [-0.25, -0.2) is 0 Å². The average molecular weight is 225 g/mol. The van der Waals surface area contributed by atoms with Gasteiger partial charge in [-0.2, -0.15) is 0 Å². The maximum absolute atomic E-state index is 5.97. The van der Waals surface area contributed by atoms with Crippen LogP contribution in [0.25, 0.3) is 0 Å². The van der Waals surface area contributed by atoms with Crippen LogP contribution in [0.1, 0.15) is 47.5 Å². The highest BCUT2D eigenvalue weighted by Gasteiger charge is 2.51. The van der Waals surface area contributed by atoms with Gasteiger partial charge in [-0.3, -0.25) is 0 Å². The lowest BCUT2D eigenvalue weighted by Gasteiger charge is -2.52. The molecule has 0 aromatic carbocycles. The van der Waals surface area contributed by atoms with Crippen molar-refractivity contribution < 1.29 is 4.74 Å². The Morgan fingerprint density at radius 2 is 1.94 bits per heavy atom. The third kappa shape index (κ3) is 2.43. The fourth-order valence-corrected chi connectivity index (χ4v) is 2.57. The quantitative estimate of drug-likeness (QED) is 0.777. The molecular weight excluding hydrogens is 198 g/mol. The Balaban J connectivity index is 1.74. The lowest BCUT2D eigenvalue weighted by atomic mass is 9.64. The third-order valence-electron chi connectivity index (χ3n) is 4.33. The smallest absolute Gasteiger partial charge is 0.0656 e. The summed E-state index contributed by atoms with van der Waals surface area (Å²) >= 11 is 0. The average Bonchev–Trinajstić information content (AvgIpc) is 2.86. The molecule has 4 unspecified atom stereocenters. The lowest BCUT2D eigenvalue weighted by Crippen LogP contribution is -2.61. The van der Waals surface area contributed by atoms with Crippen LogP contribution in [0.5, 0.6) is 0 Å². The summed E-state index contributed by atoms with van der Waals surface area (Å²) in [5.74, 6) is 1.54. The van der Waals surface area contributed by atoms with Gasteiger partial charge in [0.15, 0.2) is 0 Å². The van der Waals surface area contributed by atoms with Gasteiger partial charge in [-0.05, 0) is 24.7 Å². The van der Waals surface area contributed by atoms with E-state index in [1.165, 1.54) is 12.8 Å². The van der Waals surface area contributed by atoms with Gasteiger partial charge in [0.2, 0.25) is 0 Å². The Hall–Kier alpha value is -0.0800. The molecule has 0 aromatic rings. The molecule has 0 aromatic heterocycles. The minimum absolute atomic E-state index is 0.317. The van der Waals surface area contributed by atoms with Crippen LogP contribution in [0.3, 0.4) is 0 Å². The molecule has 4 atom stereocenters. The van der Waals surface area contributed by atoms with E-state index < -0.39 is 0 Å². The summed E-state index contributed by atoms with van der Waals surface area (Å²) in [6.07, 6.45) is 3.02. The van der Waals surface area contributed by atoms with Gasteiger partial charge in [-0.15, -0.1) is 0 Å². The highest BCUT2D eigenvalue weighted by Crippen LogP contribution is 2.45. The molecule has 0 radical (unpaired) electrons. The van der Waals surface area contributed by atoms with Gasteiger partial charge >= 0.3 is 0 Å². The Morgan fingerprint density at radius 3 is 2.38 bits per heavy atom. The van der Waals surface area contributed by atoms with Crippen LogP contribution < -0.4 is 5.32 Å². The molecule has 1 N–H and O–H groups in total. The summed E-state index contributed by atoms with van der Waals surface area (Å²) in [6.45, 7) is 12.3. The standard InChI is InChI=1S/C14H27NO/c1-9(2)8-16-13-7-12(14(13,4)5)15-11-6-10(11)3/h9-13,15H,6-8H2,1-5H3. The first-order chi connectivity index (χ1) is 7.41. The minimum Gasteiger partial charge on any atom is -0.377 e. The van der Waals surface area contributed by atoms with Gasteiger partial charge in [0.05, 0.1) is 6.10 Å². The van der Waals surface area contributed by atoms with Crippen molar-refractivity contribution in [2.24, 2.45) is 17.3 Å². The van der Waals surface area contributed by atoms with Gasteiger partial charge < -0.3 is 10.1 Å². The predicted octanol–water partition coefficient (Wildman–Crippen LogP) is 2.82. The summed E-state index contributed by atoms with van der Waals surface area (Å²) in [5.41, 5.74) is 0.317. The van der Waals surface area contributed by atoms with Gasteiger partial charge in [0, 0.05) is 24.1 Å². The van der Waals surface area contributed by atoms with Crippen LogP contribution in [-0.4, -0.2) is 24.8 Å². The number of rotatable bonds is 5. The van der Waals surface area contributed by atoms with E-state index in [4.69, 9.17) is 4.74 Å². The molecule has 2 aliphatic carbocycles. The number of nitrogens with one attached hydrogen (secondary N) is 1. The Morgan fingerprint density at radius 1 is 1.31 bits per heavy atom. The van der Waals surface area contributed by atoms with Crippen LogP contribution in [-0.2, 0) is 4.74 Å². The second-order valence-electron chi connectivity index (χ2n) is 6.81. The molecule has 0 saturated heterocycles. The third-order valence-corrected chi connectivity index (χ3v) is 4.33. The van der Waals surface area contributed by atoms with Crippen molar-refractivity contribution in [3.63, 3.8) is 0 Å². The Kier molecular flexibility index (Phi) is 3.33. The molecule has 2 saturated carbocycles. The summed E-state index contributed by atoms with van der Waals surface area (Å²) in [6, 6.07) is 1.45. The monoisotopic (exact) mass is 225 g/mol. The predicted molar refractivity (Wildman–Crippen MR) is 67.5 cm³/mol. The summed E-state index contributed by atoms with van der Waals surface area (Å²) in [4.78, 5) is 0. The van der Waals surface area contributed by atoms with Crippen LogP contribution in [0.4, 0.5) is 0 Å². The van der Waals surface area contributed by atoms with E-state index in [1.807, 2.05) is 0 Å². The molecule has 0 heterocycles. The zero-order chi connectivity index (χ0) is 11.9. The normalized spacial score (nSPS) is 40.9. The van der Waals surface area contributed by atoms with Crippen LogP contribution in [0.15, 0.2) is 0 Å². The minimum atomic E-state index is 0.317. The van der Waals surface area contributed by atoms with Crippen molar-refractivity contribution in [2.45, 2.75) is 65.6 Å². The van der Waals surface area contributed by atoms with Crippen molar-refractivity contribution in [3.05, 3.63) is 0 Å². The molecule has 2 aliphatic rings. The summed E-state index contributed by atoms with van der Waals surface area (Å²) in [5, 5.41) is 3.77. The maximum Gasteiger partial charge on any atom is 0.0656 e. The van der Waals surface area contributed by atoms with E-state index >= 15 is 0 Å². The van der Waals surface area contributed by atoms with E-state index in [0.717, 1.165) is 18.6 Å². The first-order valence-corrected chi connectivity index (χ1v) is 6.79. The van der Waals surface area contributed by atoms with Crippen LogP contribution >= 0.6 is 0 Å². The zero-order valence-corrected chi connectivity index (χ0v) is 11.4. The molecular formula is C14H27NO. The molecule has 0 amide bonds. The van der Waals surface area contributed by atoms with E-state index in [0.29, 0.717) is 23.5 Å². The SMILES string of the molecule is CC(C)COC1CC(NC2CC2C)C1(C)C. The fraction of sp³-hybridized carbons (Fsp3) is 1.00. The molecule has 0 bridgehead atoms. The second kappa shape index (κ2) is 4.30. The van der Waals surface area contributed by atoms with Crippen molar-refractivity contribution in [2.75, 3.05) is 6.61 Å². The maximum atomic E-state index is 5.97. The second-order valence-corrected chi connectivity index (χ2v) is 6.81. The molecule has 0 aliphatic heterocycles. The number of hydrogen-bond donors (Lipinski definition) is 1. The highest BCUT2D eigenvalue weighted by atomic mass is 16.5. The molecule has 2 fully saturated rings. The first kappa shape index (κ1) is 12.4. The molecule has 2 heteroatoms. The molecule has 2 rings (SSSR count). The number of ether oxygens (including phenoxy) is 1. The summed E-state index contributed by atoms with van der Waals surface area (Å²) < 4.78 is 5.97. The lowest BCUT2D eigenvalue weighted by molar-refractivity contribution is -0.124. The van der Waals surface area contributed by atoms with Gasteiger partial charge in [0.1, 0.15) is 0 Å². The largest absolute Gasteiger partial charge is 0.377 e. The first-order valence-electron chi connectivity index (χ1n) is 6.79. The van der Waals surface area contributed by atoms with E-state index in [9.17, 15) is 0 Å². The summed E-state index contributed by atoms with van der Waals surface area (Å²) in [7, 11) is 0. The van der Waals surface area contributed by atoms with Crippen molar-refractivity contribution in [1.82, 2.24) is 5.32 Å². The van der Waals surface area contributed by atoms with Gasteiger partial charge in [-0.1, -0.05) is 34.6 Å². The molecule has 0 spiro atoms. The molecule has 16 heavy (non-hydrogen) atoms. The Bertz CT molecular complexity index is 249. The Labute approximate surface area is 100 Å². The van der Waals surface area contributed by atoms with E-state index in [2.05, 4.69) is 39.9 Å². The highest BCUT2D eigenvalue weighted by molar-refractivity contribution is 5.06. The van der Waals surface area contributed by atoms with Crippen LogP contribution in [0.2, 0.25) is 0 Å². The van der Waals surface area contributed by atoms with E-state index in [1.54, 1.807) is 0 Å². The van der Waals surface area contributed by atoms with Crippen molar-refractivity contribution in [3.8, 4) is 0 Å². The van der Waals surface area contributed by atoms with Crippen molar-refractivity contribution in [1.29, 1.82) is 0 Å². The zero-order valence-electron chi connectivity index (χ0n) is 11.4. The van der Waals surface area contributed by atoms with Gasteiger partial charge in [0.25, 0.3) is 0 Å². The van der Waals surface area contributed by atoms with E-state index in [-0.39, 0.29) is 0 Å². The fourth-order valence-electron chi connectivity index (χ4n) is 2.57. The van der Waals surface area contributed by atoms with Crippen molar-refractivity contribution >= 4 is 0 Å².